The normalized spacial score (nSPS) is 20.3. The van der Waals surface area contributed by atoms with Crippen molar-refractivity contribution in [2.24, 2.45) is 0 Å². The van der Waals surface area contributed by atoms with Gasteiger partial charge in [-0.15, -0.1) is 26.3 Å². The van der Waals surface area contributed by atoms with E-state index in [9.17, 15) is 26.3 Å². The Bertz CT molecular complexity index is 1320. The van der Waals surface area contributed by atoms with Crippen LogP contribution in [-0.4, -0.2) is 49.3 Å². The van der Waals surface area contributed by atoms with Gasteiger partial charge in [0.25, 0.3) is 0 Å². The van der Waals surface area contributed by atoms with Crippen LogP contribution in [-0.2, 0) is 21.6 Å². The molecule has 3 aromatic carbocycles. The molecule has 44 heavy (non-hydrogen) atoms. The van der Waals surface area contributed by atoms with E-state index in [1.54, 1.807) is 24.3 Å². The van der Waals surface area contributed by atoms with Crippen molar-refractivity contribution in [1.29, 1.82) is 0 Å². The molecular weight excluding hydrogens is 592 g/mol. The zero-order valence-corrected chi connectivity index (χ0v) is 24.1. The lowest BCUT2D eigenvalue weighted by Crippen LogP contribution is -2.50. The minimum atomic E-state index is -4.84. The summed E-state index contributed by atoms with van der Waals surface area (Å²) in [5.41, 5.74) is 1.37. The predicted molar refractivity (Wildman–Crippen MR) is 148 cm³/mol. The van der Waals surface area contributed by atoms with E-state index in [0.717, 1.165) is 12.0 Å². The van der Waals surface area contributed by atoms with Gasteiger partial charge in [-0.1, -0.05) is 36.4 Å². The van der Waals surface area contributed by atoms with Gasteiger partial charge in [-0.2, -0.15) is 0 Å². The van der Waals surface area contributed by atoms with E-state index in [1.165, 1.54) is 24.3 Å². The quantitative estimate of drug-likeness (QED) is 0.227. The first-order valence-corrected chi connectivity index (χ1v) is 14.0. The van der Waals surface area contributed by atoms with E-state index in [0.29, 0.717) is 49.6 Å². The first-order chi connectivity index (χ1) is 20.7. The van der Waals surface area contributed by atoms with Crippen LogP contribution in [0, 0.1) is 6.42 Å². The molecule has 1 radical (unpaired) electrons. The Morgan fingerprint density at radius 3 is 1.77 bits per heavy atom. The van der Waals surface area contributed by atoms with Crippen molar-refractivity contribution >= 4 is 0 Å². The van der Waals surface area contributed by atoms with Crippen molar-refractivity contribution in [1.82, 2.24) is 4.90 Å². The van der Waals surface area contributed by atoms with Gasteiger partial charge in [-0.3, -0.25) is 4.90 Å². The number of hydrogen-bond acceptors (Lipinski definition) is 6. The van der Waals surface area contributed by atoms with Gasteiger partial charge in [0.2, 0.25) is 0 Å². The monoisotopic (exact) mass is 624 g/mol. The summed E-state index contributed by atoms with van der Waals surface area (Å²) in [5, 5.41) is 0. The number of rotatable bonds is 9. The highest BCUT2D eigenvalue weighted by Crippen LogP contribution is 2.45. The summed E-state index contributed by atoms with van der Waals surface area (Å²) in [7, 11) is 0. The maximum Gasteiger partial charge on any atom is 0.573 e. The third-order valence-electron chi connectivity index (χ3n) is 7.51. The molecule has 1 unspecified atom stereocenters. The summed E-state index contributed by atoms with van der Waals surface area (Å²) in [4.78, 5) is 2.17. The summed E-state index contributed by atoms with van der Waals surface area (Å²) in [6, 6.07) is 18.7. The number of benzene rings is 3. The zero-order valence-electron chi connectivity index (χ0n) is 24.1. The smallest absolute Gasteiger partial charge is 0.491 e. The number of piperidine rings is 1. The highest BCUT2D eigenvalue weighted by molar-refractivity contribution is 5.44. The zero-order chi connectivity index (χ0) is 31.6. The van der Waals surface area contributed by atoms with Crippen molar-refractivity contribution in [2.45, 2.75) is 63.4 Å². The Morgan fingerprint density at radius 1 is 0.773 bits per heavy atom. The Labute approximate surface area is 251 Å². The molecule has 0 aliphatic carbocycles. The number of alkyl halides is 6. The molecule has 0 spiro atoms. The molecule has 0 aromatic heterocycles. The van der Waals surface area contributed by atoms with Gasteiger partial charge in [-0.05, 0) is 92.7 Å². The number of ether oxygens (including phenoxy) is 5. The van der Waals surface area contributed by atoms with E-state index in [2.05, 4.69) is 20.8 Å². The van der Waals surface area contributed by atoms with Crippen LogP contribution in [0.3, 0.4) is 0 Å². The molecular formula is C32H32F6NO5. The molecule has 2 saturated heterocycles. The third kappa shape index (κ3) is 7.96. The van der Waals surface area contributed by atoms with Crippen LogP contribution in [0.2, 0.25) is 0 Å². The molecule has 0 N–H and O–H groups in total. The second-order valence-corrected chi connectivity index (χ2v) is 11.1. The summed E-state index contributed by atoms with van der Waals surface area (Å²) < 4.78 is 102. The molecule has 2 aliphatic heterocycles. The van der Waals surface area contributed by atoms with Crippen LogP contribution >= 0.6 is 0 Å². The third-order valence-corrected chi connectivity index (χ3v) is 7.51. The predicted octanol–water partition coefficient (Wildman–Crippen LogP) is 7.76. The molecule has 12 heteroatoms. The van der Waals surface area contributed by atoms with Crippen LogP contribution in [0.5, 0.6) is 17.2 Å². The highest BCUT2D eigenvalue weighted by atomic mass is 19.4. The number of hydrogen-bond donors (Lipinski definition) is 0. The average Bonchev–Trinajstić information content (AvgIpc) is 3.30. The van der Waals surface area contributed by atoms with Gasteiger partial charge in [-0.25, -0.2) is 0 Å². The average molecular weight is 625 g/mol. The molecule has 0 bridgehead atoms. The van der Waals surface area contributed by atoms with Crippen molar-refractivity contribution in [3.05, 3.63) is 95.9 Å². The molecule has 3 aromatic rings. The van der Waals surface area contributed by atoms with Crippen LogP contribution in [0.15, 0.2) is 72.8 Å². The summed E-state index contributed by atoms with van der Waals surface area (Å²) in [6.07, 6.45) is -6.59. The van der Waals surface area contributed by atoms with E-state index >= 15 is 0 Å². The lowest BCUT2D eigenvalue weighted by molar-refractivity contribution is -0.275. The Kier molecular flexibility index (Phi) is 9.06. The standard InChI is InChI=1S/C32H32F6NO5/c1-29(2)41-21-28(42-29)20-40-25-11-5-22(6-12-25)19-39-18-4-3-17-30(39,23-7-13-26(14-8-23)43-31(33,34)35)24-9-15-27(16-10-24)44-32(36,37)38/h3,5-16,28H,4,17-21H2,1-2H3. The first-order valence-electron chi connectivity index (χ1n) is 14.0. The molecule has 0 amide bonds. The second kappa shape index (κ2) is 12.5. The van der Waals surface area contributed by atoms with Gasteiger partial charge in [0.1, 0.15) is 30.0 Å². The van der Waals surface area contributed by atoms with Crippen LogP contribution in [0.1, 0.15) is 43.4 Å². The van der Waals surface area contributed by atoms with Crippen LogP contribution < -0.4 is 14.2 Å². The summed E-state index contributed by atoms with van der Waals surface area (Å²) >= 11 is 0. The topological polar surface area (TPSA) is 49.4 Å². The molecule has 2 fully saturated rings. The first kappa shape index (κ1) is 31.9. The maximum atomic E-state index is 12.8. The number of nitrogens with zero attached hydrogens (tertiary/aromatic N) is 1. The van der Waals surface area contributed by atoms with Gasteiger partial charge in [0.05, 0.1) is 12.1 Å². The largest absolute Gasteiger partial charge is 0.573 e. The number of likely N-dealkylation sites (tertiary alicyclic amines) is 1. The van der Waals surface area contributed by atoms with Gasteiger partial charge < -0.3 is 23.7 Å². The van der Waals surface area contributed by atoms with E-state index in [-0.39, 0.29) is 17.6 Å². The fraction of sp³-hybridized carbons (Fsp3) is 0.406. The van der Waals surface area contributed by atoms with E-state index in [4.69, 9.17) is 14.2 Å². The lowest BCUT2D eigenvalue weighted by Gasteiger charge is -2.48. The minimum absolute atomic E-state index is 0.185. The molecule has 2 heterocycles. The Morgan fingerprint density at radius 2 is 1.30 bits per heavy atom. The molecule has 6 nitrogen and oxygen atoms in total. The van der Waals surface area contributed by atoms with Crippen molar-refractivity contribution in [2.75, 3.05) is 19.8 Å². The van der Waals surface area contributed by atoms with Crippen LogP contribution in [0.4, 0.5) is 26.3 Å². The van der Waals surface area contributed by atoms with Gasteiger partial charge >= 0.3 is 12.7 Å². The molecule has 237 valence electrons. The number of halogens is 6. The highest BCUT2D eigenvalue weighted by Gasteiger charge is 2.43. The SMILES string of the molecule is CC1(C)OCC(COc2ccc(CN3CC[CH]CC3(c3ccc(OC(F)(F)F)cc3)c3ccc(OC(F)(F)F)cc3)cc2)O1. The molecule has 5 rings (SSSR count). The lowest BCUT2D eigenvalue weighted by atomic mass is 9.74. The summed E-state index contributed by atoms with van der Waals surface area (Å²) in [5.74, 6) is -0.732. The van der Waals surface area contributed by atoms with E-state index < -0.39 is 24.1 Å². The van der Waals surface area contributed by atoms with Gasteiger partial charge in [0.15, 0.2) is 5.79 Å². The fourth-order valence-electron chi connectivity index (χ4n) is 5.67. The van der Waals surface area contributed by atoms with Crippen LogP contribution in [0.25, 0.3) is 0 Å². The molecule has 2 aliphatic rings. The molecule has 0 saturated carbocycles. The Balaban J connectivity index is 1.41. The Hall–Kier alpha value is -3.48. The van der Waals surface area contributed by atoms with Gasteiger partial charge in [0, 0.05) is 6.54 Å². The maximum absolute atomic E-state index is 12.8. The fourth-order valence-corrected chi connectivity index (χ4v) is 5.67. The minimum Gasteiger partial charge on any atom is -0.491 e. The second-order valence-electron chi connectivity index (χ2n) is 11.1. The summed E-state index contributed by atoms with van der Waals surface area (Å²) in [6.45, 7) is 5.49. The van der Waals surface area contributed by atoms with Crippen molar-refractivity contribution in [3.63, 3.8) is 0 Å². The van der Waals surface area contributed by atoms with E-state index in [1.807, 2.05) is 38.1 Å². The van der Waals surface area contributed by atoms with Crippen molar-refractivity contribution in [3.8, 4) is 17.2 Å². The van der Waals surface area contributed by atoms with Crippen molar-refractivity contribution < 1.29 is 50.0 Å². The molecule has 1 atom stereocenters.